The summed E-state index contributed by atoms with van der Waals surface area (Å²) in [6.45, 7) is 3.00. The van der Waals surface area contributed by atoms with Crippen LogP contribution in [0.1, 0.15) is 24.5 Å². The van der Waals surface area contributed by atoms with Gasteiger partial charge in [0, 0.05) is 36.1 Å². The molecular formula is C30H32FN5O4. The molecule has 3 aromatic carbocycles. The van der Waals surface area contributed by atoms with Crippen LogP contribution < -0.4 is 20.9 Å². The molecule has 208 valence electrons. The van der Waals surface area contributed by atoms with Crippen molar-refractivity contribution in [2.24, 2.45) is 0 Å². The topological polar surface area (TPSA) is 103 Å². The smallest absolute Gasteiger partial charge is 0.411 e. The molecule has 0 bridgehead atoms. The number of amides is 3. The summed E-state index contributed by atoms with van der Waals surface area (Å²) in [6.07, 6.45) is 0.232. The highest BCUT2D eigenvalue weighted by Gasteiger charge is 2.29. The van der Waals surface area contributed by atoms with Gasteiger partial charge in [-0.3, -0.25) is 14.9 Å². The molecule has 0 saturated heterocycles. The zero-order chi connectivity index (χ0) is 28.8. The fraction of sp³-hybridized carbons (Fsp3) is 0.233. The van der Waals surface area contributed by atoms with Gasteiger partial charge in [0.15, 0.2) is 0 Å². The molecule has 0 saturated carbocycles. The lowest BCUT2D eigenvalue weighted by atomic mass is 9.99. The summed E-state index contributed by atoms with van der Waals surface area (Å²) in [7, 11) is 5.26. The van der Waals surface area contributed by atoms with Crippen molar-refractivity contribution in [3.05, 3.63) is 83.7 Å². The fourth-order valence-corrected chi connectivity index (χ4v) is 4.44. The van der Waals surface area contributed by atoms with Crippen LogP contribution in [0.5, 0.6) is 0 Å². The van der Waals surface area contributed by atoms with Crippen LogP contribution in [0.15, 0.2) is 66.7 Å². The van der Waals surface area contributed by atoms with Gasteiger partial charge in [0.05, 0.1) is 24.1 Å². The Morgan fingerprint density at radius 2 is 1.57 bits per heavy atom. The number of halogens is 1. The van der Waals surface area contributed by atoms with Crippen molar-refractivity contribution in [1.82, 2.24) is 4.90 Å². The van der Waals surface area contributed by atoms with Gasteiger partial charge < -0.3 is 25.2 Å². The first-order chi connectivity index (χ1) is 19.2. The molecule has 9 nitrogen and oxygen atoms in total. The molecule has 0 aromatic heterocycles. The second-order valence-corrected chi connectivity index (χ2v) is 9.59. The third kappa shape index (κ3) is 6.65. The quantitative estimate of drug-likeness (QED) is 0.318. The predicted molar refractivity (Wildman–Crippen MR) is 156 cm³/mol. The Labute approximate surface area is 232 Å². The molecule has 3 aromatic rings. The van der Waals surface area contributed by atoms with Gasteiger partial charge >= 0.3 is 6.09 Å². The van der Waals surface area contributed by atoms with Crippen molar-refractivity contribution >= 4 is 51.9 Å². The summed E-state index contributed by atoms with van der Waals surface area (Å²) in [5.41, 5.74) is 4.42. The van der Waals surface area contributed by atoms with Crippen molar-refractivity contribution in [1.29, 1.82) is 0 Å². The zero-order valence-corrected chi connectivity index (χ0v) is 22.9. The summed E-state index contributed by atoms with van der Waals surface area (Å²) in [6, 6.07) is 18.4. The van der Waals surface area contributed by atoms with Gasteiger partial charge in [-0.15, -0.1) is 0 Å². The van der Waals surface area contributed by atoms with Gasteiger partial charge in [0.1, 0.15) is 5.82 Å². The van der Waals surface area contributed by atoms with Crippen molar-refractivity contribution in [2.75, 3.05) is 55.1 Å². The van der Waals surface area contributed by atoms with E-state index in [1.54, 1.807) is 42.2 Å². The van der Waals surface area contributed by atoms with E-state index in [2.05, 4.69) is 25.6 Å². The maximum absolute atomic E-state index is 13.9. The highest BCUT2D eigenvalue weighted by atomic mass is 19.1. The van der Waals surface area contributed by atoms with Gasteiger partial charge in [-0.05, 0) is 87.2 Å². The highest BCUT2D eigenvalue weighted by Crippen LogP contribution is 2.38. The normalized spacial score (nSPS) is 13.4. The molecule has 1 aliphatic heterocycles. The molecule has 0 fully saturated rings. The Balaban J connectivity index is 1.69. The molecular weight excluding hydrogens is 513 g/mol. The number of methoxy groups -OCH3 is 1. The van der Waals surface area contributed by atoms with E-state index in [1.807, 2.05) is 38.4 Å². The summed E-state index contributed by atoms with van der Waals surface area (Å²) in [5.74, 6) is -0.876. The monoisotopic (exact) mass is 545 g/mol. The molecule has 0 spiro atoms. The van der Waals surface area contributed by atoms with Crippen LogP contribution in [0, 0.1) is 5.82 Å². The fourth-order valence-electron chi connectivity index (χ4n) is 4.44. The number of fused-ring (bicyclic) bond motifs is 1. The third-order valence-corrected chi connectivity index (χ3v) is 6.40. The summed E-state index contributed by atoms with van der Waals surface area (Å²) in [5, 5.41) is 8.69. The zero-order valence-electron chi connectivity index (χ0n) is 22.9. The highest BCUT2D eigenvalue weighted by molar-refractivity contribution is 6.37. The average molecular weight is 546 g/mol. The van der Waals surface area contributed by atoms with Gasteiger partial charge in [-0.2, -0.15) is 0 Å². The van der Waals surface area contributed by atoms with Crippen molar-refractivity contribution < 1.29 is 23.5 Å². The SMILES string of the molecule is COC(=O)Nc1ccc(/C(Nc2ccc(N(CCCN(C)C)C(C)=O)cc2)=C2/C(=O)Nc3cc(F)ccc32)cc1. The van der Waals surface area contributed by atoms with Crippen LogP contribution in [0.4, 0.5) is 31.9 Å². The Kier molecular flexibility index (Phi) is 8.80. The van der Waals surface area contributed by atoms with E-state index in [-0.39, 0.29) is 11.8 Å². The van der Waals surface area contributed by atoms with Crippen LogP contribution in [0.2, 0.25) is 0 Å². The van der Waals surface area contributed by atoms with Crippen LogP contribution in [-0.4, -0.2) is 57.1 Å². The lowest BCUT2D eigenvalue weighted by molar-refractivity contribution is -0.116. The number of carbonyl (C=O) groups is 3. The third-order valence-electron chi connectivity index (χ3n) is 6.40. The van der Waals surface area contributed by atoms with Crippen LogP contribution in [0.3, 0.4) is 0 Å². The number of anilines is 4. The Hall–Kier alpha value is -4.70. The summed E-state index contributed by atoms with van der Waals surface area (Å²) < 4.78 is 18.5. The van der Waals surface area contributed by atoms with E-state index >= 15 is 0 Å². The Morgan fingerprint density at radius 3 is 2.20 bits per heavy atom. The number of hydrogen-bond acceptors (Lipinski definition) is 6. The van der Waals surface area contributed by atoms with Crippen LogP contribution in [0.25, 0.3) is 11.3 Å². The number of hydrogen-bond donors (Lipinski definition) is 3. The molecule has 3 N–H and O–H groups in total. The van der Waals surface area contributed by atoms with Crippen LogP contribution in [-0.2, 0) is 14.3 Å². The molecule has 0 atom stereocenters. The summed E-state index contributed by atoms with van der Waals surface area (Å²) >= 11 is 0. The predicted octanol–water partition coefficient (Wildman–Crippen LogP) is 5.24. The molecule has 0 radical (unpaired) electrons. The standard InChI is InChI=1S/C30H32FN5O4/c1-19(37)36(17-5-16-35(2)3)24-13-11-22(12-14-24)32-28(20-6-9-23(10-7-20)33-30(39)40-4)27-25-15-8-21(31)18-26(25)34-29(27)38/h6-15,18,32H,5,16-17H2,1-4H3,(H,33,39)(H,34,38)/b28-27-. The molecule has 40 heavy (non-hydrogen) atoms. The Morgan fingerprint density at radius 1 is 0.925 bits per heavy atom. The number of rotatable bonds is 9. The Bertz CT molecular complexity index is 1440. The van der Waals surface area contributed by atoms with Gasteiger partial charge in [0.2, 0.25) is 5.91 Å². The molecule has 1 heterocycles. The molecule has 10 heteroatoms. The number of ether oxygens (including phenoxy) is 1. The molecule has 3 amide bonds. The van der Waals surface area contributed by atoms with Gasteiger partial charge in [0.25, 0.3) is 5.91 Å². The molecule has 1 aliphatic rings. The van der Waals surface area contributed by atoms with Crippen molar-refractivity contribution in [3.63, 3.8) is 0 Å². The summed E-state index contributed by atoms with van der Waals surface area (Å²) in [4.78, 5) is 40.8. The maximum atomic E-state index is 13.9. The van der Waals surface area contributed by atoms with Gasteiger partial charge in [-0.25, -0.2) is 9.18 Å². The van der Waals surface area contributed by atoms with E-state index < -0.39 is 11.9 Å². The second-order valence-electron chi connectivity index (χ2n) is 9.59. The van der Waals surface area contributed by atoms with Crippen molar-refractivity contribution in [2.45, 2.75) is 13.3 Å². The van der Waals surface area contributed by atoms with E-state index in [4.69, 9.17) is 0 Å². The van der Waals surface area contributed by atoms with E-state index in [0.717, 1.165) is 18.7 Å². The lowest BCUT2D eigenvalue weighted by Gasteiger charge is -2.23. The molecule has 4 rings (SSSR count). The minimum absolute atomic E-state index is 0.0469. The first-order valence-electron chi connectivity index (χ1n) is 12.8. The molecule has 0 unspecified atom stereocenters. The maximum Gasteiger partial charge on any atom is 0.411 e. The van der Waals surface area contributed by atoms with Crippen LogP contribution >= 0.6 is 0 Å². The van der Waals surface area contributed by atoms with E-state index in [9.17, 15) is 18.8 Å². The molecule has 0 aliphatic carbocycles. The largest absolute Gasteiger partial charge is 0.453 e. The first kappa shape index (κ1) is 28.3. The number of benzene rings is 3. The second kappa shape index (κ2) is 12.4. The first-order valence-corrected chi connectivity index (χ1v) is 12.8. The van der Waals surface area contributed by atoms with E-state index in [1.165, 1.54) is 19.2 Å². The van der Waals surface area contributed by atoms with Gasteiger partial charge in [-0.1, -0.05) is 12.1 Å². The minimum atomic E-state index is -0.600. The minimum Gasteiger partial charge on any atom is -0.453 e. The van der Waals surface area contributed by atoms with Crippen molar-refractivity contribution in [3.8, 4) is 0 Å². The number of carbonyl (C=O) groups excluding carboxylic acids is 3. The number of nitrogens with zero attached hydrogens (tertiary/aromatic N) is 2. The average Bonchev–Trinajstić information content (AvgIpc) is 3.24. The van der Waals surface area contributed by atoms with E-state index in [0.29, 0.717) is 46.0 Å². The lowest BCUT2D eigenvalue weighted by Crippen LogP contribution is -2.31. The number of nitrogens with one attached hydrogen (secondary N) is 3.